The van der Waals surface area contributed by atoms with E-state index in [9.17, 15) is 4.79 Å². The smallest absolute Gasteiger partial charge is 0.321 e. The van der Waals surface area contributed by atoms with E-state index >= 15 is 0 Å². The molecule has 0 atom stereocenters. The van der Waals surface area contributed by atoms with Gasteiger partial charge in [-0.05, 0) is 37.3 Å². The second kappa shape index (κ2) is 5.71. The second-order valence-corrected chi connectivity index (χ2v) is 4.47. The number of nitrogens with one attached hydrogen (secondary N) is 1. The normalized spacial score (nSPS) is 15.0. The average molecular weight is 232 g/mol. The van der Waals surface area contributed by atoms with Crippen molar-refractivity contribution in [3.05, 3.63) is 29.8 Å². The van der Waals surface area contributed by atoms with E-state index in [0.29, 0.717) is 0 Å². The molecule has 0 bridgehead atoms. The Kier molecular flexibility index (Phi) is 4.02. The van der Waals surface area contributed by atoms with Gasteiger partial charge >= 0.3 is 6.03 Å². The molecular formula is C14H20N2O. The Morgan fingerprint density at radius 2 is 2.18 bits per heavy atom. The number of aryl methyl sites for hydroxylation is 1. The molecule has 0 spiro atoms. The van der Waals surface area contributed by atoms with Crippen molar-refractivity contribution in [1.82, 2.24) is 5.32 Å². The predicted molar refractivity (Wildman–Crippen MR) is 70.4 cm³/mol. The lowest BCUT2D eigenvalue weighted by Crippen LogP contribution is -2.40. The minimum absolute atomic E-state index is 0.0428. The third-order valence-corrected chi connectivity index (χ3v) is 3.13. The molecule has 0 fully saturated rings. The van der Waals surface area contributed by atoms with Gasteiger partial charge in [0, 0.05) is 18.8 Å². The summed E-state index contributed by atoms with van der Waals surface area (Å²) < 4.78 is 0. The maximum atomic E-state index is 12.1. The molecule has 0 saturated heterocycles. The van der Waals surface area contributed by atoms with Crippen LogP contribution in [0.3, 0.4) is 0 Å². The van der Waals surface area contributed by atoms with Crippen LogP contribution in [0.4, 0.5) is 10.5 Å². The quantitative estimate of drug-likeness (QED) is 0.835. The second-order valence-electron chi connectivity index (χ2n) is 4.47. The molecule has 2 rings (SSSR count). The van der Waals surface area contributed by atoms with Gasteiger partial charge in [-0.3, -0.25) is 4.90 Å². The number of fused-ring (bicyclic) bond motifs is 1. The topological polar surface area (TPSA) is 32.3 Å². The van der Waals surface area contributed by atoms with E-state index in [1.807, 2.05) is 23.1 Å². The Morgan fingerprint density at radius 1 is 1.35 bits per heavy atom. The van der Waals surface area contributed by atoms with Crippen LogP contribution in [-0.2, 0) is 6.42 Å². The fraction of sp³-hybridized carbons (Fsp3) is 0.500. The van der Waals surface area contributed by atoms with Gasteiger partial charge in [0.05, 0.1) is 0 Å². The molecule has 3 heteroatoms. The third kappa shape index (κ3) is 2.78. The predicted octanol–water partition coefficient (Wildman–Crippen LogP) is 2.95. The molecule has 3 nitrogen and oxygen atoms in total. The lowest BCUT2D eigenvalue weighted by molar-refractivity contribution is 0.246. The number of carbonyl (C=O) groups is 1. The van der Waals surface area contributed by atoms with Crippen LogP contribution >= 0.6 is 0 Å². The lowest BCUT2D eigenvalue weighted by Gasteiger charge is -2.23. The van der Waals surface area contributed by atoms with Crippen LogP contribution in [0.25, 0.3) is 0 Å². The number of hydrogen-bond donors (Lipinski definition) is 1. The summed E-state index contributed by atoms with van der Waals surface area (Å²) in [5, 5.41) is 2.96. The Labute approximate surface area is 103 Å². The van der Waals surface area contributed by atoms with Gasteiger partial charge in [-0.2, -0.15) is 0 Å². The first-order chi connectivity index (χ1) is 8.33. The molecule has 0 saturated carbocycles. The number of urea groups is 1. The summed E-state index contributed by atoms with van der Waals surface area (Å²) in [5.41, 5.74) is 2.37. The standard InChI is InChI=1S/C14H20N2O/c1-2-10-15-14(17)16-11-6-5-8-12-7-3-4-9-13(12)16/h3-4,7,9H,2,5-6,8,10-11H2,1H3,(H,15,17). The van der Waals surface area contributed by atoms with Crippen LogP contribution in [0.5, 0.6) is 0 Å². The molecule has 1 N–H and O–H groups in total. The first kappa shape index (κ1) is 12.0. The minimum Gasteiger partial charge on any atom is -0.338 e. The molecule has 17 heavy (non-hydrogen) atoms. The number of hydrogen-bond acceptors (Lipinski definition) is 1. The van der Waals surface area contributed by atoms with Crippen LogP contribution in [0.15, 0.2) is 24.3 Å². The van der Waals surface area contributed by atoms with Gasteiger partial charge in [-0.25, -0.2) is 4.79 Å². The van der Waals surface area contributed by atoms with Crippen molar-refractivity contribution < 1.29 is 4.79 Å². The molecule has 0 unspecified atom stereocenters. The number of nitrogens with zero attached hydrogens (tertiary/aromatic N) is 1. The van der Waals surface area contributed by atoms with Crippen LogP contribution in [0.2, 0.25) is 0 Å². The largest absolute Gasteiger partial charge is 0.338 e. The van der Waals surface area contributed by atoms with E-state index < -0.39 is 0 Å². The average Bonchev–Trinajstić information content (AvgIpc) is 2.58. The highest BCUT2D eigenvalue weighted by atomic mass is 16.2. The third-order valence-electron chi connectivity index (χ3n) is 3.13. The zero-order valence-corrected chi connectivity index (χ0v) is 10.4. The van der Waals surface area contributed by atoms with Crippen LogP contribution < -0.4 is 10.2 Å². The van der Waals surface area contributed by atoms with Crippen molar-refractivity contribution in [2.24, 2.45) is 0 Å². The van der Waals surface area contributed by atoms with Crippen LogP contribution in [-0.4, -0.2) is 19.1 Å². The maximum Gasteiger partial charge on any atom is 0.321 e. The highest BCUT2D eigenvalue weighted by molar-refractivity contribution is 5.92. The van der Waals surface area contributed by atoms with Crippen LogP contribution in [0, 0.1) is 0 Å². The molecule has 0 aromatic heterocycles. The summed E-state index contributed by atoms with van der Waals surface area (Å²) in [4.78, 5) is 14.0. The lowest BCUT2D eigenvalue weighted by atomic mass is 10.1. The first-order valence-electron chi connectivity index (χ1n) is 6.46. The Bertz CT molecular complexity index is 390. The van der Waals surface area contributed by atoms with Crippen molar-refractivity contribution in [3.63, 3.8) is 0 Å². The van der Waals surface area contributed by atoms with Crippen molar-refractivity contribution in [2.75, 3.05) is 18.0 Å². The molecule has 2 amide bonds. The summed E-state index contributed by atoms with van der Waals surface area (Å²) in [6.07, 6.45) is 4.29. The molecular weight excluding hydrogens is 212 g/mol. The number of rotatable bonds is 2. The van der Waals surface area contributed by atoms with E-state index in [0.717, 1.165) is 44.5 Å². The van der Waals surface area contributed by atoms with E-state index in [4.69, 9.17) is 0 Å². The van der Waals surface area contributed by atoms with E-state index in [-0.39, 0.29) is 6.03 Å². The van der Waals surface area contributed by atoms with Crippen molar-refractivity contribution in [1.29, 1.82) is 0 Å². The monoisotopic (exact) mass is 232 g/mol. The van der Waals surface area contributed by atoms with Gasteiger partial charge in [-0.15, -0.1) is 0 Å². The van der Waals surface area contributed by atoms with Gasteiger partial charge in [-0.1, -0.05) is 25.1 Å². The molecule has 1 aromatic carbocycles. The zero-order chi connectivity index (χ0) is 12.1. The first-order valence-corrected chi connectivity index (χ1v) is 6.46. The molecule has 1 aliphatic rings. The summed E-state index contributed by atoms with van der Waals surface area (Å²) in [6, 6.07) is 8.27. The fourth-order valence-corrected chi connectivity index (χ4v) is 2.23. The van der Waals surface area contributed by atoms with Crippen LogP contribution in [0.1, 0.15) is 31.7 Å². The highest BCUT2D eigenvalue weighted by Crippen LogP contribution is 2.25. The number of anilines is 1. The summed E-state index contributed by atoms with van der Waals surface area (Å²) >= 11 is 0. The van der Waals surface area contributed by atoms with E-state index in [1.54, 1.807) is 0 Å². The Hall–Kier alpha value is -1.51. The Morgan fingerprint density at radius 3 is 3.00 bits per heavy atom. The SMILES string of the molecule is CCCNC(=O)N1CCCCc2ccccc21. The molecule has 92 valence electrons. The van der Waals surface area contributed by atoms with Crippen molar-refractivity contribution >= 4 is 11.7 Å². The van der Waals surface area contributed by atoms with Gasteiger partial charge in [0.15, 0.2) is 0 Å². The molecule has 0 radical (unpaired) electrons. The van der Waals surface area contributed by atoms with Gasteiger partial charge in [0.25, 0.3) is 0 Å². The van der Waals surface area contributed by atoms with E-state index in [1.165, 1.54) is 5.56 Å². The molecule has 0 aliphatic carbocycles. The minimum atomic E-state index is 0.0428. The van der Waals surface area contributed by atoms with Crippen molar-refractivity contribution in [2.45, 2.75) is 32.6 Å². The van der Waals surface area contributed by atoms with Crippen molar-refractivity contribution in [3.8, 4) is 0 Å². The number of carbonyl (C=O) groups excluding carboxylic acids is 1. The summed E-state index contributed by atoms with van der Waals surface area (Å²) in [5.74, 6) is 0. The van der Waals surface area contributed by atoms with Gasteiger partial charge in [0.1, 0.15) is 0 Å². The van der Waals surface area contributed by atoms with Gasteiger partial charge in [0.2, 0.25) is 0 Å². The summed E-state index contributed by atoms with van der Waals surface area (Å²) in [6.45, 7) is 3.64. The zero-order valence-electron chi connectivity index (χ0n) is 10.4. The number of amides is 2. The Balaban J connectivity index is 2.19. The fourth-order valence-electron chi connectivity index (χ4n) is 2.23. The van der Waals surface area contributed by atoms with Gasteiger partial charge < -0.3 is 5.32 Å². The van der Waals surface area contributed by atoms with E-state index in [2.05, 4.69) is 18.3 Å². The maximum absolute atomic E-state index is 12.1. The number of benzene rings is 1. The number of para-hydroxylation sites is 1. The molecule has 1 heterocycles. The molecule has 1 aromatic rings. The highest BCUT2D eigenvalue weighted by Gasteiger charge is 2.19. The summed E-state index contributed by atoms with van der Waals surface area (Å²) in [7, 11) is 0. The molecule has 1 aliphatic heterocycles.